The molecular formula is C17H26BrClN2OS. The number of halogens is 2. The van der Waals surface area contributed by atoms with E-state index >= 15 is 0 Å². The highest BCUT2D eigenvalue weighted by Gasteiger charge is 2.35. The van der Waals surface area contributed by atoms with Crippen molar-refractivity contribution in [2.24, 2.45) is 11.1 Å². The van der Waals surface area contributed by atoms with Gasteiger partial charge in [-0.15, -0.1) is 24.2 Å². The van der Waals surface area contributed by atoms with Gasteiger partial charge in [-0.05, 0) is 48.9 Å². The van der Waals surface area contributed by atoms with Gasteiger partial charge in [-0.1, -0.05) is 29.8 Å². The standard InChI is InChI=1S/C17H25BrN2OS.ClH/c1-11-8-14(12(2)7-13(11)18)22-9-16(21)20-6-5-15(19)17(3,4)10-20;/h7-8,15H,5-6,9-10,19H2,1-4H3;1H. The molecule has 130 valence electrons. The Kier molecular flexibility index (Phi) is 7.45. The van der Waals surface area contributed by atoms with Crippen molar-refractivity contribution in [3.8, 4) is 0 Å². The zero-order chi connectivity index (χ0) is 16.5. The molecule has 0 spiro atoms. The second-order valence-electron chi connectivity index (χ2n) is 6.85. The lowest BCUT2D eigenvalue weighted by molar-refractivity contribution is -0.131. The molecule has 2 rings (SSSR count). The number of carbonyl (C=O) groups excluding carboxylic acids is 1. The zero-order valence-electron chi connectivity index (χ0n) is 14.2. The van der Waals surface area contributed by atoms with Crippen LogP contribution < -0.4 is 5.73 Å². The van der Waals surface area contributed by atoms with Crippen molar-refractivity contribution >= 4 is 46.0 Å². The summed E-state index contributed by atoms with van der Waals surface area (Å²) >= 11 is 5.17. The van der Waals surface area contributed by atoms with Gasteiger partial charge in [0.25, 0.3) is 0 Å². The number of nitrogens with two attached hydrogens (primary N) is 1. The maximum Gasteiger partial charge on any atom is 0.232 e. The molecule has 6 heteroatoms. The average molecular weight is 422 g/mol. The Bertz CT molecular complexity index is 580. The lowest BCUT2D eigenvalue weighted by Gasteiger charge is -2.42. The van der Waals surface area contributed by atoms with Crippen LogP contribution >= 0.6 is 40.1 Å². The minimum Gasteiger partial charge on any atom is -0.341 e. The molecule has 0 bridgehead atoms. The van der Waals surface area contributed by atoms with E-state index in [9.17, 15) is 4.79 Å². The number of hydrogen-bond donors (Lipinski definition) is 1. The molecule has 1 unspecified atom stereocenters. The highest BCUT2D eigenvalue weighted by atomic mass is 79.9. The first-order valence-corrected chi connectivity index (χ1v) is 9.41. The molecule has 1 fully saturated rings. The van der Waals surface area contributed by atoms with E-state index in [2.05, 4.69) is 55.8 Å². The number of rotatable bonds is 3. The van der Waals surface area contributed by atoms with E-state index in [0.29, 0.717) is 5.75 Å². The van der Waals surface area contributed by atoms with Gasteiger partial charge in [-0.3, -0.25) is 4.79 Å². The van der Waals surface area contributed by atoms with Gasteiger partial charge in [0.15, 0.2) is 0 Å². The maximum absolute atomic E-state index is 12.5. The third kappa shape index (κ3) is 5.12. The summed E-state index contributed by atoms with van der Waals surface area (Å²) in [6.07, 6.45) is 0.889. The summed E-state index contributed by atoms with van der Waals surface area (Å²) < 4.78 is 1.12. The van der Waals surface area contributed by atoms with Crippen LogP contribution in [0.4, 0.5) is 0 Å². The summed E-state index contributed by atoms with van der Waals surface area (Å²) in [5.74, 6) is 0.706. The van der Waals surface area contributed by atoms with E-state index < -0.39 is 0 Å². The van der Waals surface area contributed by atoms with Gasteiger partial charge < -0.3 is 10.6 Å². The fourth-order valence-corrected chi connectivity index (χ4v) is 4.19. The second kappa shape index (κ2) is 8.24. The van der Waals surface area contributed by atoms with Crippen LogP contribution in [0.3, 0.4) is 0 Å². The van der Waals surface area contributed by atoms with Crippen LogP contribution in [0.2, 0.25) is 0 Å². The van der Waals surface area contributed by atoms with Crippen molar-refractivity contribution in [3.05, 3.63) is 27.7 Å². The van der Waals surface area contributed by atoms with E-state index in [-0.39, 0.29) is 29.8 Å². The first-order chi connectivity index (χ1) is 10.2. The molecule has 1 saturated heterocycles. The van der Waals surface area contributed by atoms with Crippen molar-refractivity contribution < 1.29 is 4.79 Å². The SMILES string of the molecule is Cc1cc(SCC(=O)N2CCC(N)C(C)(C)C2)c(C)cc1Br.Cl. The number of likely N-dealkylation sites (tertiary alicyclic amines) is 1. The number of carbonyl (C=O) groups is 1. The molecule has 1 atom stereocenters. The second-order valence-corrected chi connectivity index (χ2v) is 8.73. The minimum absolute atomic E-state index is 0. The van der Waals surface area contributed by atoms with E-state index in [1.807, 2.05) is 4.90 Å². The Balaban J connectivity index is 0.00000264. The summed E-state index contributed by atoms with van der Waals surface area (Å²) in [5, 5.41) is 0. The van der Waals surface area contributed by atoms with Crippen molar-refractivity contribution in [3.63, 3.8) is 0 Å². The summed E-state index contributed by atoms with van der Waals surface area (Å²) in [6, 6.07) is 4.44. The van der Waals surface area contributed by atoms with Crippen LogP contribution in [0.1, 0.15) is 31.4 Å². The number of piperidine rings is 1. The summed E-state index contributed by atoms with van der Waals surface area (Å²) in [4.78, 5) is 15.6. The first kappa shape index (κ1) is 20.8. The molecule has 0 aliphatic carbocycles. The van der Waals surface area contributed by atoms with E-state index in [4.69, 9.17) is 5.73 Å². The molecular weight excluding hydrogens is 396 g/mol. The third-order valence-corrected chi connectivity index (χ3v) is 6.47. The molecule has 3 nitrogen and oxygen atoms in total. The van der Waals surface area contributed by atoms with Crippen LogP contribution in [0.15, 0.2) is 21.5 Å². The summed E-state index contributed by atoms with van der Waals surface area (Å²) in [6.45, 7) is 9.98. The van der Waals surface area contributed by atoms with Crippen molar-refractivity contribution in [1.29, 1.82) is 0 Å². The van der Waals surface area contributed by atoms with Crippen LogP contribution in [-0.4, -0.2) is 35.7 Å². The van der Waals surface area contributed by atoms with Gasteiger partial charge in [0, 0.05) is 28.5 Å². The molecule has 23 heavy (non-hydrogen) atoms. The van der Waals surface area contributed by atoms with Crippen LogP contribution in [0.5, 0.6) is 0 Å². The number of hydrogen-bond acceptors (Lipinski definition) is 3. The first-order valence-electron chi connectivity index (χ1n) is 7.63. The topological polar surface area (TPSA) is 46.3 Å². The molecule has 1 aromatic rings. The van der Waals surface area contributed by atoms with Crippen LogP contribution in [-0.2, 0) is 4.79 Å². The number of nitrogens with zero attached hydrogens (tertiary/aromatic N) is 1. The molecule has 1 aromatic carbocycles. The number of aryl methyl sites for hydroxylation is 2. The van der Waals surface area contributed by atoms with E-state index in [1.165, 1.54) is 16.0 Å². The highest BCUT2D eigenvalue weighted by Crippen LogP contribution is 2.31. The Hall–Kier alpha value is -0.230. The van der Waals surface area contributed by atoms with Gasteiger partial charge in [-0.2, -0.15) is 0 Å². The molecule has 1 heterocycles. The molecule has 0 saturated carbocycles. The van der Waals surface area contributed by atoms with E-state index in [0.717, 1.165) is 24.0 Å². The van der Waals surface area contributed by atoms with Crippen LogP contribution in [0.25, 0.3) is 0 Å². The van der Waals surface area contributed by atoms with Gasteiger partial charge in [0.2, 0.25) is 5.91 Å². The Morgan fingerprint density at radius 1 is 1.39 bits per heavy atom. The predicted octanol–water partition coefficient (Wildman–Crippen LogP) is 4.17. The Morgan fingerprint density at radius 3 is 2.65 bits per heavy atom. The molecule has 2 N–H and O–H groups in total. The summed E-state index contributed by atoms with van der Waals surface area (Å²) in [7, 11) is 0. The fourth-order valence-electron chi connectivity index (χ4n) is 2.73. The number of amides is 1. The van der Waals surface area contributed by atoms with E-state index in [1.54, 1.807) is 11.8 Å². The molecule has 1 aliphatic rings. The third-order valence-electron chi connectivity index (χ3n) is 4.47. The number of thioether (sulfide) groups is 1. The zero-order valence-corrected chi connectivity index (χ0v) is 17.4. The lowest BCUT2D eigenvalue weighted by Crippen LogP contribution is -2.54. The maximum atomic E-state index is 12.5. The Morgan fingerprint density at radius 2 is 2.04 bits per heavy atom. The van der Waals surface area contributed by atoms with Crippen molar-refractivity contribution in [2.75, 3.05) is 18.8 Å². The van der Waals surface area contributed by atoms with Gasteiger partial charge in [0.1, 0.15) is 0 Å². The fraction of sp³-hybridized carbons (Fsp3) is 0.588. The van der Waals surface area contributed by atoms with Crippen molar-refractivity contribution in [2.45, 2.75) is 45.1 Å². The highest BCUT2D eigenvalue weighted by molar-refractivity contribution is 9.10. The lowest BCUT2D eigenvalue weighted by atomic mass is 9.80. The van der Waals surface area contributed by atoms with Crippen LogP contribution in [0, 0.1) is 19.3 Å². The molecule has 0 aromatic heterocycles. The Labute approximate surface area is 158 Å². The molecule has 1 aliphatic heterocycles. The number of benzene rings is 1. The van der Waals surface area contributed by atoms with Gasteiger partial charge in [0.05, 0.1) is 5.75 Å². The largest absolute Gasteiger partial charge is 0.341 e. The molecule has 1 amide bonds. The van der Waals surface area contributed by atoms with Crippen molar-refractivity contribution in [1.82, 2.24) is 4.90 Å². The van der Waals surface area contributed by atoms with Gasteiger partial charge >= 0.3 is 0 Å². The smallest absolute Gasteiger partial charge is 0.232 e. The molecule has 0 radical (unpaired) electrons. The average Bonchev–Trinajstić information content (AvgIpc) is 2.44. The summed E-state index contributed by atoms with van der Waals surface area (Å²) in [5.41, 5.74) is 8.55. The monoisotopic (exact) mass is 420 g/mol. The quantitative estimate of drug-likeness (QED) is 0.745. The normalized spacial score (nSPS) is 20.1. The minimum atomic E-state index is 0. The van der Waals surface area contributed by atoms with Gasteiger partial charge in [-0.25, -0.2) is 0 Å². The predicted molar refractivity (Wildman–Crippen MR) is 105 cm³/mol.